The van der Waals surface area contributed by atoms with Crippen molar-refractivity contribution in [1.82, 2.24) is 10.2 Å². The Morgan fingerprint density at radius 3 is 2.65 bits per heavy atom. The monoisotopic (exact) mass is 571 g/mol. The molecule has 1 heterocycles. The fraction of sp³-hybridized carbons (Fsp3) is 0.548. The third kappa shape index (κ3) is 7.75. The first kappa shape index (κ1) is 30.3. The number of morpholine rings is 1. The zero-order valence-electron chi connectivity index (χ0n) is 23.6. The van der Waals surface area contributed by atoms with Gasteiger partial charge < -0.3 is 30.2 Å². The lowest BCUT2D eigenvalue weighted by molar-refractivity contribution is -0.154. The van der Waals surface area contributed by atoms with Gasteiger partial charge in [0.15, 0.2) is 0 Å². The number of halogens is 1. The van der Waals surface area contributed by atoms with Crippen LogP contribution in [0.3, 0.4) is 0 Å². The molecule has 0 unspecified atom stereocenters. The van der Waals surface area contributed by atoms with Crippen molar-refractivity contribution < 1.29 is 23.8 Å². The number of nitrogens with two attached hydrogens (primary N) is 1. The van der Waals surface area contributed by atoms with Gasteiger partial charge in [-0.2, -0.15) is 0 Å². The maximum absolute atomic E-state index is 13.6. The van der Waals surface area contributed by atoms with E-state index in [1.54, 1.807) is 0 Å². The molecule has 2 amide bonds. The Morgan fingerprint density at radius 1 is 1.15 bits per heavy atom. The SMILES string of the molecule is CCc1cccc(-c2c(Cl)cccc2[C@H](OCCOC(N)=O)[C@H]2CN(C(=O)C3CCC(CNC)CC3)CCO2)c1. The summed E-state index contributed by atoms with van der Waals surface area (Å²) in [5.74, 6) is 0.891. The maximum atomic E-state index is 13.6. The van der Waals surface area contributed by atoms with Gasteiger partial charge in [0.1, 0.15) is 18.8 Å². The van der Waals surface area contributed by atoms with Crippen molar-refractivity contribution in [2.75, 3.05) is 46.5 Å². The van der Waals surface area contributed by atoms with Crippen LogP contribution in [0.25, 0.3) is 11.1 Å². The Hall–Kier alpha value is -2.65. The number of carbonyl (C=O) groups is 2. The quantitative estimate of drug-likeness (QED) is 0.369. The van der Waals surface area contributed by atoms with Crippen LogP contribution >= 0.6 is 11.6 Å². The van der Waals surface area contributed by atoms with Crippen molar-refractivity contribution in [3.05, 3.63) is 58.6 Å². The highest BCUT2D eigenvalue weighted by atomic mass is 35.5. The van der Waals surface area contributed by atoms with Crippen LogP contribution in [0.4, 0.5) is 4.79 Å². The molecule has 0 radical (unpaired) electrons. The third-order valence-corrected chi connectivity index (χ3v) is 8.35. The lowest BCUT2D eigenvalue weighted by atomic mass is 9.81. The number of rotatable bonds is 11. The standard InChI is InChI=1S/C31H42ClN3O5/c1-3-21-6-4-7-24(18-21)28-25(8-5-9-26(28)32)29(39-16-17-40-31(33)37)27-20-35(14-15-38-27)30(36)23-12-10-22(11-13-23)19-34-2/h4-9,18,22-23,27,29,34H,3,10-17,19-20H2,1-2H3,(H2,33,37)/t22?,23?,27-,29+/m1/s1. The van der Waals surface area contributed by atoms with Crippen LogP contribution in [0.5, 0.6) is 0 Å². The minimum atomic E-state index is -0.852. The highest BCUT2D eigenvalue weighted by molar-refractivity contribution is 6.33. The molecule has 1 saturated carbocycles. The Labute approximate surface area is 242 Å². The molecule has 9 heteroatoms. The van der Waals surface area contributed by atoms with Gasteiger partial charge in [0.2, 0.25) is 5.91 Å². The minimum absolute atomic E-state index is 0.0122. The summed E-state index contributed by atoms with van der Waals surface area (Å²) in [5.41, 5.74) is 9.08. The van der Waals surface area contributed by atoms with Crippen LogP contribution < -0.4 is 11.1 Å². The fourth-order valence-corrected chi connectivity index (χ4v) is 6.25. The number of ether oxygens (including phenoxy) is 3. The molecule has 4 rings (SSSR count). The summed E-state index contributed by atoms with van der Waals surface area (Å²) < 4.78 is 17.5. The molecule has 2 atom stereocenters. The molecule has 1 aliphatic carbocycles. The van der Waals surface area contributed by atoms with Gasteiger partial charge in [-0.1, -0.05) is 54.9 Å². The van der Waals surface area contributed by atoms with Gasteiger partial charge in [-0.25, -0.2) is 4.79 Å². The Morgan fingerprint density at radius 2 is 1.93 bits per heavy atom. The number of benzene rings is 2. The zero-order valence-corrected chi connectivity index (χ0v) is 24.3. The molecule has 0 bridgehead atoms. The average Bonchev–Trinajstić information content (AvgIpc) is 2.97. The molecule has 40 heavy (non-hydrogen) atoms. The van der Waals surface area contributed by atoms with E-state index >= 15 is 0 Å². The van der Waals surface area contributed by atoms with Crippen LogP contribution in [0, 0.1) is 11.8 Å². The zero-order chi connectivity index (χ0) is 28.5. The number of amides is 2. The van der Waals surface area contributed by atoms with E-state index in [-0.39, 0.29) is 25.0 Å². The predicted octanol–water partition coefficient (Wildman–Crippen LogP) is 4.98. The van der Waals surface area contributed by atoms with Crippen molar-refractivity contribution in [1.29, 1.82) is 0 Å². The molecule has 0 aromatic heterocycles. The van der Waals surface area contributed by atoms with Gasteiger partial charge in [0.25, 0.3) is 0 Å². The Kier molecular flexibility index (Phi) is 11.2. The van der Waals surface area contributed by atoms with Crippen molar-refractivity contribution >= 4 is 23.6 Å². The van der Waals surface area contributed by atoms with E-state index in [1.807, 2.05) is 42.3 Å². The summed E-state index contributed by atoms with van der Waals surface area (Å²) in [5, 5.41) is 3.87. The first-order valence-electron chi connectivity index (χ1n) is 14.4. The van der Waals surface area contributed by atoms with Crippen LogP contribution in [-0.2, 0) is 25.4 Å². The van der Waals surface area contributed by atoms with Crippen molar-refractivity contribution in [2.24, 2.45) is 17.6 Å². The number of primary amides is 1. The maximum Gasteiger partial charge on any atom is 0.404 e. The van der Waals surface area contributed by atoms with Gasteiger partial charge >= 0.3 is 6.09 Å². The molecule has 218 valence electrons. The smallest absolute Gasteiger partial charge is 0.404 e. The summed E-state index contributed by atoms with van der Waals surface area (Å²) in [6.45, 7) is 4.65. The Balaban J connectivity index is 1.58. The first-order chi connectivity index (χ1) is 19.4. The molecule has 2 aromatic carbocycles. The van der Waals surface area contributed by atoms with Crippen LogP contribution in [-0.4, -0.2) is 69.5 Å². The van der Waals surface area contributed by atoms with Crippen molar-refractivity contribution in [2.45, 2.75) is 51.2 Å². The predicted molar refractivity (Wildman–Crippen MR) is 156 cm³/mol. The lowest BCUT2D eigenvalue weighted by Gasteiger charge is -2.40. The second-order valence-corrected chi connectivity index (χ2v) is 11.1. The number of carbonyl (C=O) groups excluding carboxylic acids is 2. The largest absolute Gasteiger partial charge is 0.447 e. The average molecular weight is 572 g/mol. The van der Waals surface area contributed by atoms with Crippen LogP contribution in [0.2, 0.25) is 5.02 Å². The van der Waals surface area contributed by atoms with Crippen molar-refractivity contribution in [3.63, 3.8) is 0 Å². The molecule has 2 aliphatic rings. The summed E-state index contributed by atoms with van der Waals surface area (Å²) in [7, 11) is 1.98. The number of hydrogen-bond acceptors (Lipinski definition) is 6. The summed E-state index contributed by atoms with van der Waals surface area (Å²) in [6.07, 6.45) is 3.07. The van der Waals surface area contributed by atoms with E-state index in [0.717, 1.165) is 55.3 Å². The van der Waals surface area contributed by atoms with E-state index in [4.69, 9.17) is 31.5 Å². The molecule has 0 spiro atoms. The number of hydrogen-bond donors (Lipinski definition) is 2. The van der Waals surface area contributed by atoms with E-state index in [1.165, 1.54) is 5.56 Å². The van der Waals surface area contributed by atoms with E-state index in [0.29, 0.717) is 30.6 Å². The molecular weight excluding hydrogens is 530 g/mol. The second kappa shape index (κ2) is 14.8. The van der Waals surface area contributed by atoms with Crippen LogP contribution in [0.15, 0.2) is 42.5 Å². The molecule has 2 aromatic rings. The van der Waals surface area contributed by atoms with Crippen LogP contribution in [0.1, 0.15) is 49.8 Å². The molecule has 3 N–H and O–H groups in total. The topological polar surface area (TPSA) is 103 Å². The normalized spacial score (nSPS) is 22.1. The first-order valence-corrected chi connectivity index (χ1v) is 14.8. The van der Waals surface area contributed by atoms with Gasteiger partial charge in [-0.15, -0.1) is 0 Å². The van der Waals surface area contributed by atoms with Crippen molar-refractivity contribution in [3.8, 4) is 11.1 Å². The van der Waals surface area contributed by atoms with Gasteiger partial charge in [-0.05, 0) is 74.4 Å². The summed E-state index contributed by atoms with van der Waals surface area (Å²) in [4.78, 5) is 26.7. The van der Waals surface area contributed by atoms with Gasteiger partial charge in [0, 0.05) is 29.6 Å². The molecule has 1 aliphatic heterocycles. The minimum Gasteiger partial charge on any atom is -0.447 e. The fourth-order valence-electron chi connectivity index (χ4n) is 5.96. The number of nitrogens with zero attached hydrogens (tertiary/aromatic N) is 1. The lowest BCUT2D eigenvalue weighted by Crippen LogP contribution is -2.50. The third-order valence-electron chi connectivity index (χ3n) is 8.03. The number of nitrogens with one attached hydrogen (secondary N) is 1. The van der Waals surface area contributed by atoms with E-state index < -0.39 is 18.3 Å². The highest BCUT2D eigenvalue weighted by Crippen LogP contribution is 2.39. The van der Waals surface area contributed by atoms with E-state index in [9.17, 15) is 9.59 Å². The summed E-state index contributed by atoms with van der Waals surface area (Å²) >= 11 is 6.81. The Bertz CT molecular complexity index is 1140. The number of aryl methyl sites for hydroxylation is 1. The molecule has 1 saturated heterocycles. The van der Waals surface area contributed by atoms with E-state index in [2.05, 4.69) is 24.4 Å². The molecular formula is C31H42ClN3O5. The summed E-state index contributed by atoms with van der Waals surface area (Å²) in [6, 6.07) is 14.1. The second-order valence-electron chi connectivity index (χ2n) is 10.7. The highest BCUT2D eigenvalue weighted by Gasteiger charge is 2.37. The van der Waals surface area contributed by atoms with Gasteiger partial charge in [0.05, 0.1) is 13.2 Å². The van der Waals surface area contributed by atoms with Gasteiger partial charge in [-0.3, -0.25) is 4.79 Å². The molecule has 2 fully saturated rings. The molecule has 8 nitrogen and oxygen atoms in total.